The first-order valence-corrected chi connectivity index (χ1v) is 8.92. The summed E-state index contributed by atoms with van der Waals surface area (Å²) in [5.74, 6) is 0.464. The van der Waals surface area contributed by atoms with Gasteiger partial charge in [0.05, 0.1) is 23.9 Å². The minimum absolute atomic E-state index is 0.0880. The van der Waals surface area contributed by atoms with Crippen LogP contribution < -0.4 is 10.1 Å². The largest absolute Gasteiger partial charge is 0.467 e. The number of hydrogen-bond acceptors (Lipinski definition) is 5. The van der Waals surface area contributed by atoms with Crippen LogP contribution in [-0.2, 0) is 6.18 Å². The standard InChI is InChI=1S/C22H16F3N4O/c1-13-5-3-6-15(11-13)27-20-16-9-8-14(12-18(16)28-21(29-20)30-2)19-17(22(23,24)25)7-4-10-26-19/h3-12H,1H2,2H3,(H,27,28,29). The number of rotatable bonds is 4. The van der Waals surface area contributed by atoms with Crippen molar-refractivity contribution in [2.75, 3.05) is 12.4 Å². The zero-order chi connectivity index (χ0) is 21.3. The van der Waals surface area contributed by atoms with E-state index in [0.717, 1.165) is 17.3 Å². The van der Waals surface area contributed by atoms with Crippen molar-refractivity contribution >= 4 is 22.4 Å². The first-order valence-electron chi connectivity index (χ1n) is 8.92. The Morgan fingerprint density at radius 1 is 1.00 bits per heavy atom. The average Bonchev–Trinajstić information content (AvgIpc) is 2.72. The molecule has 0 saturated carbocycles. The van der Waals surface area contributed by atoms with Crippen molar-refractivity contribution in [1.29, 1.82) is 0 Å². The number of methoxy groups -OCH3 is 1. The summed E-state index contributed by atoms with van der Waals surface area (Å²) < 4.78 is 45.4. The molecule has 5 nitrogen and oxygen atoms in total. The third kappa shape index (κ3) is 3.89. The summed E-state index contributed by atoms with van der Waals surface area (Å²) >= 11 is 0. The SMILES string of the molecule is [CH2]c1cccc(Nc2nc(OC)nc3cc(-c4ncccc4C(F)(F)F)ccc23)c1. The molecular weight excluding hydrogens is 393 g/mol. The van der Waals surface area contributed by atoms with Crippen LogP contribution in [0.4, 0.5) is 24.7 Å². The molecule has 0 atom stereocenters. The van der Waals surface area contributed by atoms with Crippen molar-refractivity contribution in [3.05, 3.63) is 78.8 Å². The van der Waals surface area contributed by atoms with Crippen molar-refractivity contribution in [1.82, 2.24) is 15.0 Å². The summed E-state index contributed by atoms with van der Waals surface area (Å²) in [6, 6.07) is 14.5. The molecule has 0 fully saturated rings. The fraction of sp³-hybridized carbons (Fsp3) is 0.0909. The molecule has 0 aliphatic carbocycles. The lowest BCUT2D eigenvalue weighted by atomic mass is 10.0. The number of hydrogen-bond donors (Lipinski definition) is 1. The zero-order valence-electron chi connectivity index (χ0n) is 15.9. The van der Waals surface area contributed by atoms with E-state index in [9.17, 15) is 13.2 Å². The highest BCUT2D eigenvalue weighted by atomic mass is 19.4. The number of anilines is 2. The summed E-state index contributed by atoms with van der Waals surface area (Å²) in [7, 11) is 1.42. The summed E-state index contributed by atoms with van der Waals surface area (Å²) in [6.45, 7) is 3.90. The number of fused-ring (bicyclic) bond motifs is 1. The van der Waals surface area contributed by atoms with Gasteiger partial charge in [0, 0.05) is 22.8 Å². The lowest BCUT2D eigenvalue weighted by molar-refractivity contribution is -0.137. The molecule has 30 heavy (non-hydrogen) atoms. The van der Waals surface area contributed by atoms with Gasteiger partial charge in [0.2, 0.25) is 0 Å². The molecule has 2 aromatic carbocycles. The summed E-state index contributed by atoms with van der Waals surface area (Å²) in [5.41, 5.74) is 1.33. The predicted molar refractivity (Wildman–Crippen MR) is 109 cm³/mol. The number of pyridine rings is 1. The molecule has 0 aliphatic heterocycles. The highest BCUT2D eigenvalue weighted by Gasteiger charge is 2.34. The molecule has 1 N–H and O–H groups in total. The molecule has 2 heterocycles. The summed E-state index contributed by atoms with van der Waals surface area (Å²) in [4.78, 5) is 12.6. The van der Waals surface area contributed by atoms with Crippen molar-refractivity contribution in [3.8, 4) is 17.3 Å². The molecule has 8 heteroatoms. The summed E-state index contributed by atoms with van der Waals surface area (Å²) in [5, 5.41) is 3.81. The van der Waals surface area contributed by atoms with Gasteiger partial charge in [0.15, 0.2) is 0 Å². The third-order valence-corrected chi connectivity index (χ3v) is 4.44. The number of ether oxygens (including phenoxy) is 1. The highest BCUT2D eigenvalue weighted by molar-refractivity contribution is 5.93. The molecule has 1 radical (unpaired) electrons. The Bertz CT molecular complexity index is 1220. The van der Waals surface area contributed by atoms with Crippen LogP contribution in [0.5, 0.6) is 6.01 Å². The van der Waals surface area contributed by atoms with Crippen LogP contribution in [-0.4, -0.2) is 22.1 Å². The van der Waals surface area contributed by atoms with E-state index in [4.69, 9.17) is 4.74 Å². The van der Waals surface area contributed by atoms with Crippen LogP contribution in [0.25, 0.3) is 22.2 Å². The number of aromatic nitrogens is 3. The second-order valence-corrected chi connectivity index (χ2v) is 6.51. The molecule has 0 unspecified atom stereocenters. The molecule has 0 saturated heterocycles. The molecule has 0 spiro atoms. The van der Waals surface area contributed by atoms with E-state index in [2.05, 4.69) is 27.2 Å². The highest BCUT2D eigenvalue weighted by Crippen LogP contribution is 2.37. The molecule has 151 valence electrons. The van der Waals surface area contributed by atoms with E-state index in [0.29, 0.717) is 22.3 Å². The van der Waals surface area contributed by atoms with Gasteiger partial charge in [0.25, 0.3) is 0 Å². The third-order valence-electron chi connectivity index (χ3n) is 4.44. The Hall–Kier alpha value is -3.68. The van der Waals surface area contributed by atoms with E-state index in [1.807, 2.05) is 24.3 Å². The maximum Gasteiger partial charge on any atom is 0.418 e. The van der Waals surface area contributed by atoms with Gasteiger partial charge in [0.1, 0.15) is 5.82 Å². The van der Waals surface area contributed by atoms with E-state index < -0.39 is 11.7 Å². The van der Waals surface area contributed by atoms with Crippen molar-refractivity contribution in [2.45, 2.75) is 6.18 Å². The van der Waals surface area contributed by atoms with Gasteiger partial charge in [-0.1, -0.05) is 18.2 Å². The molecule has 4 aromatic rings. The lowest BCUT2D eigenvalue weighted by Crippen LogP contribution is -2.08. The fourth-order valence-corrected chi connectivity index (χ4v) is 3.09. The number of nitrogens with zero attached hydrogens (tertiary/aromatic N) is 3. The van der Waals surface area contributed by atoms with Gasteiger partial charge in [-0.25, -0.2) is 0 Å². The Morgan fingerprint density at radius 2 is 1.83 bits per heavy atom. The van der Waals surface area contributed by atoms with Gasteiger partial charge in [-0.2, -0.15) is 23.1 Å². The van der Waals surface area contributed by atoms with E-state index in [1.54, 1.807) is 18.2 Å². The van der Waals surface area contributed by atoms with Crippen molar-refractivity contribution < 1.29 is 17.9 Å². The van der Waals surface area contributed by atoms with E-state index in [-0.39, 0.29) is 11.7 Å². The molecule has 0 amide bonds. The number of halogens is 3. The average molecular weight is 409 g/mol. The lowest BCUT2D eigenvalue weighted by Gasteiger charge is -2.14. The molecular formula is C22H16F3N4O. The van der Waals surface area contributed by atoms with Crippen molar-refractivity contribution in [2.24, 2.45) is 0 Å². The van der Waals surface area contributed by atoms with Crippen LogP contribution in [0, 0.1) is 6.92 Å². The predicted octanol–water partition coefficient (Wildman–Crippen LogP) is 5.64. The van der Waals surface area contributed by atoms with Gasteiger partial charge in [-0.15, -0.1) is 0 Å². The van der Waals surface area contributed by atoms with Crippen LogP contribution in [0.2, 0.25) is 0 Å². The van der Waals surface area contributed by atoms with Crippen LogP contribution in [0.1, 0.15) is 11.1 Å². The van der Waals surface area contributed by atoms with E-state index in [1.165, 1.54) is 19.4 Å². The van der Waals surface area contributed by atoms with Crippen LogP contribution in [0.3, 0.4) is 0 Å². The van der Waals surface area contributed by atoms with Gasteiger partial charge < -0.3 is 10.1 Å². The fourth-order valence-electron chi connectivity index (χ4n) is 3.09. The first kappa shape index (κ1) is 19.6. The normalized spacial score (nSPS) is 11.5. The quantitative estimate of drug-likeness (QED) is 0.472. The minimum atomic E-state index is -4.52. The topological polar surface area (TPSA) is 59.9 Å². The molecule has 2 aromatic heterocycles. The van der Waals surface area contributed by atoms with Gasteiger partial charge in [-0.3, -0.25) is 4.98 Å². The van der Waals surface area contributed by atoms with E-state index >= 15 is 0 Å². The number of benzene rings is 2. The zero-order valence-corrected chi connectivity index (χ0v) is 15.9. The Morgan fingerprint density at radius 3 is 2.57 bits per heavy atom. The molecule has 0 bridgehead atoms. The maximum atomic E-state index is 13.4. The minimum Gasteiger partial charge on any atom is -0.467 e. The smallest absolute Gasteiger partial charge is 0.418 e. The second kappa shape index (κ2) is 7.62. The Balaban J connectivity index is 1.85. The number of nitrogens with one attached hydrogen (secondary N) is 1. The maximum absolute atomic E-state index is 13.4. The summed E-state index contributed by atoms with van der Waals surface area (Å²) in [6.07, 6.45) is -3.19. The second-order valence-electron chi connectivity index (χ2n) is 6.51. The van der Waals surface area contributed by atoms with Crippen LogP contribution in [0.15, 0.2) is 60.8 Å². The van der Waals surface area contributed by atoms with Gasteiger partial charge >= 0.3 is 12.2 Å². The van der Waals surface area contributed by atoms with Gasteiger partial charge in [-0.05, 0) is 48.9 Å². The Kier molecular flexibility index (Phi) is 4.99. The number of alkyl halides is 3. The van der Waals surface area contributed by atoms with Crippen LogP contribution >= 0.6 is 0 Å². The molecule has 4 rings (SSSR count). The monoisotopic (exact) mass is 409 g/mol. The molecule has 0 aliphatic rings. The van der Waals surface area contributed by atoms with Crippen molar-refractivity contribution in [3.63, 3.8) is 0 Å². The Labute approximate surface area is 170 Å². The first-order chi connectivity index (χ1) is 14.3.